The highest BCUT2D eigenvalue weighted by Crippen LogP contribution is 2.24. The lowest BCUT2D eigenvalue weighted by molar-refractivity contribution is -0.139. The molecule has 0 aromatic heterocycles. The van der Waals surface area contributed by atoms with Crippen molar-refractivity contribution in [2.24, 2.45) is 0 Å². The van der Waals surface area contributed by atoms with Gasteiger partial charge in [0, 0.05) is 11.4 Å². The molecule has 7 heteroatoms. The van der Waals surface area contributed by atoms with Crippen LogP contribution in [0.3, 0.4) is 0 Å². The summed E-state index contributed by atoms with van der Waals surface area (Å²) >= 11 is 5.94. The Hall–Kier alpha value is -1.11. The average molecular weight is 304 g/mol. The van der Waals surface area contributed by atoms with Gasteiger partial charge < -0.3 is 4.74 Å². The van der Waals surface area contributed by atoms with Crippen molar-refractivity contribution in [3.8, 4) is 0 Å². The summed E-state index contributed by atoms with van der Waals surface area (Å²) in [5, 5.41) is 0.511. The van der Waals surface area contributed by atoms with Crippen LogP contribution < -0.4 is 4.72 Å². The maximum absolute atomic E-state index is 12.3. The summed E-state index contributed by atoms with van der Waals surface area (Å²) in [5.41, 5.74) is 1.20. The third kappa shape index (κ3) is 2.91. The van der Waals surface area contributed by atoms with Crippen LogP contribution in [-0.4, -0.2) is 27.0 Å². The normalized spacial score (nSPS) is 19.5. The maximum atomic E-state index is 12.3. The van der Waals surface area contributed by atoms with E-state index in [1.54, 1.807) is 19.9 Å². The Morgan fingerprint density at radius 1 is 1.32 bits per heavy atom. The number of carbonyl (C=O) groups excluding carboxylic acids is 1. The van der Waals surface area contributed by atoms with E-state index in [4.69, 9.17) is 16.3 Å². The van der Waals surface area contributed by atoms with Crippen LogP contribution in [0.4, 0.5) is 0 Å². The fourth-order valence-electron chi connectivity index (χ4n) is 1.90. The van der Waals surface area contributed by atoms with Crippen molar-refractivity contribution in [3.05, 3.63) is 28.3 Å². The number of aryl methyl sites for hydroxylation is 2. The molecule has 1 aliphatic rings. The molecule has 2 rings (SSSR count). The monoisotopic (exact) mass is 303 g/mol. The van der Waals surface area contributed by atoms with Crippen LogP contribution in [-0.2, 0) is 19.6 Å². The van der Waals surface area contributed by atoms with Crippen LogP contribution in [0.5, 0.6) is 0 Å². The van der Waals surface area contributed by atoms with Gasteiger partial charge in [-0.15, -0.1) is 0 Å². The van der Waals surface area contributed by atoms with E-state index in [0.717, 1.165) is 0 Å². The van der Waals surface area contributed by atoms with E-state index >= 15 is 0 Å². The van der Waals surface area contributed by atoms with E-state index < -0.39 is 22.0 Å². The number of hydrogen-bond acceptors (Lipinski definition) is 4. The zero-order valence-electron chi connectivity index (χ0n) is 10.6. The van der Waals surface area contributed by atoms with Crippen molar-refractivity contribution in [1.82, 2.24) is 4.72 Å². The van der Waals surface area contributed by atoms with Crippen LogP contribution in [0.2, 0.25) is 5.02 Å². The minimum absolute atomic E-state index is 0.133. The minimum atomic E-state index is -3.76. The Balaban J connectivity index is 2.34. The third-order valence-electron chi connectivity index (χ3n) is 2.98. The molecule has 104 valence electrons. The van der Waals surface area contributed by atoms with Crippen LogP contribution >= 0.6 is 11.6 Å². The van der Waals surface area contributed by atoms with Gasteiger partial charge >= 0.3 is 5.97 Å². The maximum Gasteiger partial charge on any atom is 0.324 e. The molecule has 0 amide bonds. The van der Waals surface area contributed by atoms with Gasteiger partial charge in [0.2, 0.25) is 10.0 Å². The lowest BCUT2D eigenvalue weighted by Gasteiger charge is -2.13. The summed E-state index contributed by atoms with van der Waals surface area (Å²) in [7, 11) is -3.76. The Morgan fingerprint density at radius 3 is 2.58 bits per heavy atom. The molecular weight excluding hydrogens is 290 g/mol. The minimum Gasteiger partial charge on any atom is -0.464 e. The van der Waals surface area contributed by atoms with Crippen LogP contribution in [0, 0.1) is 13.8 Å². The first-order valence-electron chi connectivity index (χ1n) is 5.77. The summed E-state index contributed by atoms with van der Waals surface area (Å²) in [4.78, 5) is 11.5. The topological polar surface area (TPSA) is 72.5 Å². The van der Waals surface area contributed by atoms with Crippen LogP contribution in [0.15, 0.2) is 17.0 Å². The molecule has 1 aliphatic heterocycles. The number of benzene rings is 1. The molecule has 0 bridgehead atoms. The van der Waals surface area contributed by atoms with E-state index in [2.05, 4.69) is 4.72 Å². The first-order chi connectivity index (χ1) is 8.81. The molecule has 1 heterocycles. The Morgan fingerprint density at radius 2 is 2.00 bits per heavy atom. The van der Waals surface area contributed by atoms with Crippen LogP contribution in [0.1, 0.15) is 17.5 Å². The third-order valence-corrected chi connectivity index (χ3v) is 5.00. The molecule has 1 atom stereocenters. The Kier molecular flexibility index (Phi) is 3.85. The Labute approximate surface area is 117 Å². The molecule has 1 N–H and O–H groups in total. The molecule has 19 heavy (non-hydrogen) atoms. The van der Waals surface area contributed by atoms with E-state index in [9.17, 15) is 13.2 Å². The lowest BCUT2D eigenvalue weighted by atomic mass is 10.2. The largest absolute Gasteiger partial charge is 0.464 e. The van der Waals surface area contributed by atoms with Gasteiger partial charge in [-0.25, -0.2) is 8.42 Å². The van der Waals surface area contributed by atoms with Gasteiger partial charge in [-0.3, -0.25) is 4.79 Å². The highest BCUT2D eigenvalue weighted by Gasteiger charge is 2.31. The fourth-order valence-corrected chi connectivity index (χ4v) is 3.65. The van der Waals surface area contributed by atoms with Gasteiger partial charge in [0.15, 0.2) is 0 Å². The second-order valence-corrected chi connectivity index (χ2v) is 6.59. The number of esters is 1. The number of hydrogen-bond donors (Lipinski definition) is 1. The second kappa shape index (κ2) is 5.11. The van der Waals surface area contributed by atoms with Gasteiger partial charge in [0.05, 0.1) is 11.5 Å². The number of nitrogens with one attached hydrogen (secondary N) is 1. The Bertz CT molecular complexity index is 627. The van der Waals surface area contributed by atoms with Gasteiger partial charge in [-0.2, -0.15) is 4.72 Å². The molecule has 0 aliphatic carbocycles. The van der Waals surface area contributed by atoms with Gasteiger partial charge in [0.25, 0.3) is 0 Å². The van der Waals surface area contributed by atoms with E-state index in [1.807, 2.05) is 0 Å². The molecular formula is C12H14ClNO4S. The molecule has 5 nitrogen and oxygen atoms in total. The average Bonchev–Trinajstić information content (AvgIpc) is 2.69. The quantitative estimate of drug-likeness (QED) is 0.860. The zero-order valence-corrected chi connectivity index (χ0v) is 12.1. The molecule has 0 radical (unpaired) electrons. The van der Waals surface area contributed by atoms with Crippen molar-refractivity contribution in [1.29, 1.82) is 0 Å². The number of ether oxygens (including phenoxy) is 1. The van der Waals surface area contributed by atoms with Crippen molar-refractivity contribution < 1.29 is 17.9 Å². The highest BCUT2D eigenvalue weighted by molar-refractivity contribution is 7.89. The molecule has 1 unspecified atom stereocenters. The molecule has 1 aromatic rings. The zero-order chi connectivity index (χ0) is 14.2. The van der Waals surface area contributed by atoms with Crippen molar-refractivity contribution in [2.45, 2.75) is 31.2 Å². The van der Waals surface area contributed by atoms with Gasteiger partial charge in [-0.1, -0.05) is 11.6 Å². The fraction of sp³-hybridized carbons (Fsp3) is 0.417. The smallest absolute Gasteiger partial charge is 0.324 e. The predicted molar refractivity (Wildman–Crippen MR) is 70.6 cm³/mol. The predicted octanol–water partition coefficient (Wildman–Crippen LogP) is 1.55. The second-order valence-electron chi connectivity index (χ2n) is 4.50. The van der Waals surface area contributed by atoms with Gasteiger partial charge in [0.1, 0.15) is 6.04 Å². The summed E-state index contributed by atoms with van der Waals surface area (Å²) in [6.45, 7) is 3.63. The molecule has 0 spiro atoms. The molecule has 1 saturated heterocycles. The summed E-state index contributed by atoms with van der Waals surface area (Å²) in [6.07, 6.45) is 0.351. The number of halogens is 1. The molecule has 0 saturated carbocycles. The van der Waals surface area contributed by atoms with E-state index in [0.29, 0.717) is 22.6 Å². The van der Waals surface area contributed by atoms with E-state index in [-0.39, 0.29) is 11.5 Å². The standard InChI is InChI=1S/C12H14ClNO4S/c1-7-6-11(8(2)5-9(7)13)19(16,17)14-10-3-4-18-12(10)15/h5-6,10,14H,3-4H2,1-2H3. The van der Waals surface area contributed by atoms with E-state index in [1.165, 1.54) is 6.07 Å². The number of cyclic esters (lactones) is 1. The number of rotatable bonds is 3. The summed E-state index contributed by atoms with van der Waals surface area (Å²) in [5.74, 6) is -0.535. The number of carbonyl (C=O) groups is 1. The van der Waals surface area contributed by atoms with Gasteiger partial charge in [-0.05, 0) is 37.1 Å². The SMILES string of the molecule is Cc1cc(S(=O)(=O)NC2CCOC2=O)c(C)cc1Cl. The highest BCUT2D eigenvalue weighted by atomic mass is 35.5. The first kappa shape index (κ1) is 14.3. The first-order valence-corrected chi connectivity index (χ1v) is 7.63. The molecule has 1 aromatic carbocycles. The van der Waals surface area contributed by atoms with Crippen LogP contribution in [0.25, 0.3) is 0 Å². The summed E-state index contributed by atoms with van der Waals surface area (Å²) in [6, 6.07) is 2.29. The van der Waals surface area contributed by atoms with Crippen molar-refractivity contribution in [2.75, 3.05) is 6.61 Å². The summed E-state index contributed by atoms with van der Waals surface area (Å²) < 4.78 is 31.6. The molecule has 1 fully saturated rings. The van der Waals surface area contributed by atoms with Crippen molar-refractivity contribution in [3.63, 3.8) is 0 Å². The number of sulfonamides is 1. The van der Waals surface area contributed by atoms with Crippen molar-refractivity contribution >= 4 is 27.6 Å². The lowest BCUT2D eigenvalue weighted by Crippen LogP contribution is -2.38.